The summed E-state index contributed by atoms with van der Waals surface area (Å²) >= 11 is 0. The molecule has 0 spiro atoms. The van der Waals surface area contributed by atoms with Crippen LogP contribution in [0, 0.1) is 5.92 Å². The van der Waals surface area contributed by atoms with Gasteiger partial charge in [-0.1, -0.05) is 42.5 Å². The summed E-state index contributed by atoms with van der Waals surface area (Å²) in [5, 5.41) is 8.45. The van der Waals surface area contributed by atoms with E-state index in [2.05, 4.69) is 16.0 Å². The molecule has 1 aliphatic rings. The Morgan fingerprint density at radius 3 is 2.42 bits per heavy atom. The number of hydrogen-bond donors (Lipinski definition) is 3. The van der Waals surface area contributed by atoms with Crippen molar-refractivity contribution in [1.82, 2.24) is 15.5 Å². The number of likely N-dealkylation sites (tertiary alicyclic amines) is 1. The molecular formula is C24H30N4O3. The van der Waals surface area contributed by atoms with Gasteiger partial charge in [0.1, 0.15) is 0 Å². The van der Waals surface area contributed by atoms with Crippen LogP contribution in [0.2, 0.25) is 0 Å². The Balaban J connectivity index is 1.43. The van der Waals surface area contributed by atoms with Gasteiger partial charge in [0.2, 0.25) is 11.8 Å². The van der Waals surface area contributed by atoms with E-state index in [1.807, 2.05) is 56.3 Å². The number of benzene rings is 2. The molecule has 7 nitrogen and oxygen atoms in total. The maximum Gasteiger partial charge on any atom is 0.319 e. The minimum Gasteiger partial charge on any atom is -0.352 e. The molecule has 1 atom stereocenters. The second-order valence-corrected chi connectivity index (χ2v) is 8.14. The van der Waals surface area contributed by atoms with Crippen molar-refractivity contribution in [3.63, 3.8) is 0 Å². The summed E-state index contributed by atoms with van der Waals surface area (Å²) in [6, 6.07) is 17.2. The largest absolute Gasteiger partial charge is 0.352 e. The van der Waals surface area contributed by atoms with E-state index in [1.165, 1.54) is 5.56 Å². The van der Waals surface area contributed by atoms with Crippen molar-refractivity contribution in [2.24, 2.45) is 5.92 Å². The van der Waals surface area contributed by atoms with Crippen molar-refractivity contribution in [2.75, 3.05) is 18.4 Å². The molecule has 1 unspecified atom stereocenters. The molecule has 0 saturated carbocycles. The summed E-state index contributed by atoms with van der Waals surface area (Å²) < 4.78 is 0. The lowest BCUT2D eigenvalue weighted by Crippen LogP contribution is -2.34. The zero-order valence-corrected chi connectivity index (χ0v) is 18.1. The molecule has 1 heterocycles. The molecule has 0 aliphatic carbocycles. The number of nitrogens with one attached hydrogen (secondary N) is 3. The zero-order chi connectivity index (χ0) is 22.2. The van der Waals surface area contributed by atoms with E-state index in [0.717, 1.165) is 12.0 Å². The third-order valence-electron chi connectivity index (χ3n) is 5.20. The van der Waals surface area contributed by atoms with Crippen LogP contribution < -0.4 is 16.0 Å². The summed E-state index contributed by atoms with van der Waals surface area (Å²) in [7, 11) is 0. The Morgan fingerprint density at radius 1 is 1.03 bits per heavy atom. The number of carbonyl (C=O) groups is 3. The lowest BCUT2D eigenvalue weighted by atomic mass is 10.1. The van der Waals surface area contributed by atoms with E-state index in [9.17, 15) is 14.4 Å². The van der Waals surface area contributed by atoms with Gasteiger partial charge in [0.25, 0.3) is 0 Å². The Hall–Kier alpha value is -3.35. The van der Waals surface area contributed by atoms with E-state index in [-0.39, 0.29) is 36.2 Å². The van der Waals surface area contributed by atoms with Crippen LogP contribution in [0.15, 0.2) is 54.6 Å². The second kappa shape index (κ2) is 10.6. The molecule has 3 rings (SSSR count). The van der Waals surface area contributed by atoms with Crippen LogP contribution in [0.5, 0.6) is 0 Å². The summed E-state index contributed by atoms with van der Waals surface area (Å²) in [5.74, 6) is -0.385. The fourth-order valence-electron chi connectivity index (χ4n) is 3.54. The van der Waals surface area contributed by atoms with Crippen LogP contribution >= 0.6 is 0 Å². The summed E-state index contributed by atoms with van der Waals surface area (Å²) in [6.07, 6.45) is 1.05. The Morgan fingerprint density at radius 2 is 1.74 bits per heavy atom. The zero-order valence-electron chi connectivity index (χ0n) is 18.1. The molecule has 2 aromatic rings. The molecule has 0 radical (unpaired) electrons. The van der Waals surface area contributed by atoms with Gasteiger partial charge in [-0.3, -0.25) is 9.59 Å². The molecule has 7 heteroatoms. The summed E-state index contributed by atoms with van der Waals surface area (Å²) in [4.78, 5) is 38.3. The van der Waals surface area contributed by atoms with Crippen molar-refractivity contribution in [3.05, 3.63) is 65.7 Å². The average Bonchev–Trinajstić information content (AvgIpc) is 3.12. The first-order valence-electron chi connectivity index (χ1n) is 10.7. The molecule has 3 N–H and O–H groups in total. The minimum absolute atomic E-state index is 0.0335. The monoisotopic (exact) mass is 422 g/mol. The Kier molecular flexibility index (Phi) is 7.65. The van der Waals surface area contributed by atoms with Gasteiger partial charge in [-0.2, -0.15) is 0 Å². The van der Waals surface area contributed by atoms with Crippen molar-refractivity contribution < 1.29 is 14.4 Å². The van der Waals surface area contributed by atoms with Crippen molar-refractivity contribution in [3.8, 4) is 0 Å². The van der Waals surface area contributed by atoms with Crippen LogP contribution in [0.3, 0.4) is 0 Å². The van der Waals surface area contributed by atoms with Crippen LogP contribution in [-0.2, 0) is 22.6 Å². The summed E-state index contributed by atoms with van der Waals surface area (Å²) in [5.41, 5.74) is 2.79. The number of urea groups is 1. The lowest BCUT2D eigenvalue weighted by Gasteiger charge is -2.16. The average molecular weight is 423 g/mol. The highest BCUT2D eigenvalue weighted by Crippen LogP contribution is 2.19. The van der Waals surface area contributed by atoms with Gasteiger partial charge in [0.15, 0.2) is 0 Å². The number of rotatable bonds is 8. The molecule has 0 aromatic heterocycles. The Labute approximate surface area is 183 Å². The first-order valence-corrected chi connectivity index (χ1v) is 10.7. The molecule has 31 heavy (non-hydrogen) atoms. The molecule has 1 aliphatic heterocycles. The third-order valence-corrected chi connectivity index (χ3v) is 5.20. The van der Waals surface area contributed by atoms with Gasteiger partial charge >= 0.3 is 6.03 Å². The molecule has 1 fully saturated rings. The first kappa shape index (κ1) is 22.3. The van der Waals surface area contributed by atoms with Crippen molar-refractivity contribution in [2.45, 2.75) is 39.3 Å². The van der Waals surface area contributed by atoms with E-state index in [4.69, 9.17) is 0 Å². The van der Waals surface area contributed by atoms with Crippen LogP contribution in [0.1, 0.15) is 31.4 Å². The smallest absolute Gasteiger partial charge is 0.319 e. The van der Waals surface area contributed by atoms with Gasteiger partial charge in [-0.25, -0.2) is 4.79 Å². The predicted octanol–water partition coefficient (Wildman–Crippen LogP) is 2.92. The normalized spacial score (nSPS) is 15.8. The fourth-order valence-corrected chi connectivity index (χ4v) is 3.54. The highest BCUT2D eigenvalue weighted by Gasteiger charge is 2.33. The standard InChI is InChI=1S/C24H30N4O3/c1-17(2)26-24(31)27-21-10-8-19(9-11-21)15-25-23(30)20-14-22(29)28(16-20)13-12-18-6-4-3-5-7-18/h3-11,17,20H,12-16H2,1-2H3,(H,25,30)(H2,26,27,31). The first-order chi connectivity index (χ1) is 14.9. The topological polar surface area (TPSA) is 90.5 Å². The maximum absolute atomic E-state index is 12.5. The van der Waals surface area contributed by atoms with E-state index in [1.54, 1.807) is 17.0 Å². The van der Waals surface area contributed by atoms with Gasteiger partial charge in [0, 0.05) is 37.8 Å². The quantitative estimate of drug-likeness (QED) is 0.611. The van der Waals surface area contributed by atoms with E-state index in [0.29, 0.717) is 25.3 Å². The SMILES string of the molecule is CC(C)NC(=O)Nc1ccc(CNC(=O)C2CC(=O)N(CCc3ccccc3)C2)cc1. The summed E-state index contributed by atoms with van der Waals surface area (Å²) in [6.45, 7) is 5.26. The molecule has 4 amide bonds. The van der Waals surface area contributed by atoms with Gasteiger partial charge in [-0.15, -0.1) is 0 Å². The predicted molar refractivity (Wildman–Crippen MR) is 120 cm³/mol. The highest BCUT2D eigenvalue weighted by atomic mass is 16.2. The second-order valence-electron chi connectivity index (χ2n) is 8.14. The van der Waals surface area contributed by atoms with Crippen LogP contribution in [0.25, 0.3) is 0 Å². The molecule has 1 saturated heterocycles. The maximum atomic E-state index is 12.5. The number of nitrogens with zero attached hydrogens (tertiary/aromatic N) is 1. The van der Waals surface area contributed by atoms with Crippen LogP contribution in [-0.4, -0.2) is 41.9 Å². The third kappa shape index (κ3) is 6.84. The Bertz CT molecular complexity index is 897. The molecule has 0 bridgehead atoms. The van der Waals surface area contributed by atoms with Crippen molar-refractivity contribution in [1.29, 1.82) is 0 Å². The van der Waals surface area contributed by atoms with Crippen molar-refractivity contribution >= 4 is 23.5 Å². The van der Waals surface area contributed by atoms with Gasteiger partial charge in [-0.05, 0) is 43.5 Å². The molecule has 164 valence electrons. The number of hydrogen-bond acceptors (Lipinski definition) is 3. The lowest BCUT2D eigenvalue weighted by molar-refractivity contribution is -0.129. The molecule has 2 aromatic carbocycles. The fraction of sp³-hybridized carbons (Fsp3) is 0.375. The van der Waals surface area contributed by atoms with E-state index >= 15 is 0 Å². The number of anilines is 1. The minimum atomic E-state index is -0.316. The van der Waals surface area contributed by atoms with Crippen LogP contribution in [0.4, 0.5) is 10.5 Å². The van der Waals surface area contributed by atoms with Gasteiger partial charge in [0.05, 0.1) is 5.92 Å². The number of amides is 4. The van der Waals surface area contributed by atoms with E-state index < -0.39 is 0 Å². The van der Waals surface area contributed by atoms with Gasteiger partial charge < -0.3 is 20.9 Å². The molecular weight excluding hydrogens is 392 g/mol. The number of carbonyl (C=O) groups excluding carboxylic acids is 3. The highest BCUT2D eigenvalue weighted by molar-refractivity contribution is 5.90.